The molecule has 2 atom stereocenters. The van der Waals surface area contributed by atoms with Gasteiger partial charge in [0.1, 0.15) is 26.4 Å². The minimum absolute atomic E-state index is 0.268. The van der Waals surface area contributed by atoms with E-state index in [0.717, 1.165) is 0 Å². The highest BCUT2D eigenvalue weighted by molar-refractivity contribution is 5.81. The van der Waals surface area contributed by atoms with Gasteiger partial charge in [-0.1, -0.05) is 27.7 Å². The van der Waals surface area contributed by atoms with Crippen LogP contribution >= 0.6 is 0 Å². The van der Waals surface area contributed by atoms with Crippen molar-refractivity contribution in [2.45, 2.75) is 39.8 Å². The molecule has 2 aliphatic rings. The number of hydrogen-bond acceptors (Lipinski definition) is 5. The minimum Gasteiger partial charge on any atom is -0.477 e. The third-order valence-electron chi connectivity index (χ3n) is 3.45. The van der Waals surface area contributed by atoms with Crippen LogP contribution in [0.2, 0.25) is 0 Å². The highest BCUT2D eigenvalue weighted by atomic mass is 16.6. The molecule has 0 N–H and O–H groups in total. The summed E-state index contributed by atoms with van der Waals surface area (Å²) in [5, 5.41) is 0. The summed E-state index contributed by atoms with van der Waals surface area (Å²) in [4.78, 5) is 8.97. The first kappa shape index (κ1) is 14.3. The SMILES string of the molecule is CC(C)[C@@H]1COC(COCC2=N[C@@H](C(C)C)CO2)=N1. The number of ether oxygens (including phenoxy) is 3. The Kier molecular flexibility index (Phi) is 4.80. The second-order valence-corrected chi connectivity index (χ2v) is 5.78. The van der Waals surface area contributed by atoms with Crippen molar-refractivity contribution in [1.82, 2.24) is 0 Å². The topological polar surface area (TPSA) is 52.4 Å². The molecule has 2 heterocycles. The summed E-state index contributed by atoms with van der Waals surface area (Å²) in [6, 6.07) is 0.535. The van der Waals surface area contributed by atoms with Crippen molar-refractivity contribution in [1.29, 1.82) is 0 Å². The second kappa shape index (κ2) is 6.37. The number of rotatable bonds is 6. The van der Waals surface area contributed by atoms with E-state index in [2.05, 4.69) is 37.7 Å². The molecule has 5 nitrogen and oxygen atoms in total. The van der Waals surface area contributed by atoms with E-state index in [0.29, 0.717) is 50.1 Å². The number of nitrogens with zero attached hydrogens (tertiary/aromatic N) is 2. The van der Waals surface area contributed by atoms with E-state index >= 15 is 0 Å². The third-order valence-corrected chi connectivity index (χ3v) is 3.45. The van der Waals surface area contributed by atoms with Gasteiger partial charge in [0.05, 0.1) is 12.1 Å². The molecule has 2 aliphatic heterocycles. The maximum Gasteiger partial charge on any atom is 0.210 e. The lowest BCUT2D eigenvalue weighted by atomic mass is 10.1. The van der Waals surface area contributed by atoms with Crippen LogP contribution in [0.4, 0.5) is 0 Å². The first-order chi connectivity index (χ1) is 9.06. The van der Waals surface area contributed by atoms with Crippen LogP contribution in [-0.4, -0.2) is 50.3 Å². The monoisotopic (exact) mass is 268 g/mol. The summed E-state index contributed by atoms with van der Waals surface area (Å²) in [7, 11) is 0. The standard InChI is InChI=1S/C14H24N2O3/c1-9(2)11-5-18-13(15-11)7-17-8-14-16-12(6-19-14)10(3)4/h9-12H,5-8H2,1-4H3/t11-,12+. The smallest absolute Gasteiger partial charge is 0.210 e. The maximum atomic E-state index is 5.55. The highest BCUT2D eigenvalue weighted by Gasteiger charge is 2.23. The Labute approximate surface area is 115 Å². The Morgan fingerprint density at radius 1 is 0.947 bits per heavy atom. The van der Waals surface area contributed by atoms with Crippen molar-refractivity contribution < 1.29 is 14.2 Å². The van der Waals surface area contributed by atoms with Gasteiger partial charge >= 0.3 is 0 Å². The van der Waals surface area contributed by atoms with Crippen molar-refractivity contribution in [3.63, 3.8) is 0 Å². The summed E-state index contributed by atoms with van der Waals surface area (Å²) >= 11 is 0. The van der Waals surface area contributed by atoms with E-state index in [9.17, 15) is 0 Å². The van der Waals surface area contributed by atoms with Gasteiger partial charge in [-0.2, -0.15) is 0 Å². The van der Waals surface area contributed by atoms with Gasteiger partial charge in [0.15, 0.2) is 0 Å². The summed E-state index contributed by atoms with van der Waals surface area (Å²) in [5.41, 5.74) is 0. The number of hydrogen-bond donors (Lipinski definition) is 0. The van der Waals surface area contributed by atoms with Crippen LogP contribution in [-0.2, 0) is 14.2 Å². The van der Waals surface area contributed by atoms with Gasteiger partial charge in [-0.05, 0) is 11.8 Å². The molecule has 0 aromatic rings. The lowest BCUT2D eigenvalue weighted by Gasteiger charge is -2.06. The Balaban J connectivity index is 1.70. The molecule has 19 heavy (non-hydrogen) atoms. The van der Waals surface area contributed by atoms with E-state index in [-0.39, 0.29) is 12.1 Å². The van der Waals surface area contributed by atoms with Crippen molar-refractivity contribution >= 4 is 11.8 Å². The van der Waals surface area contributed by atoms with E-state index in [4.69, 9.17) is 14.2 Å². The molecule has 0 fully saturated rings. The molecule has 0 saturated carbocycles. The van der Waals surface area contributed by atoms with Gasteiger partial charge in [0, 0.05) is 0 Å². The molecular weight excluding hydrogens is 244 g/mol. The normalized spacial score (nSPS) is 26.4. The predicted octanol–water partition coefficient (Wildman–Crippen LogP) is 1.91. The zero-order valence-corrected chi connectivity index (χ0v) is 12.3. The van der Waals surface area contributed by atoms with Crippen molar-refractivity contribution in [3.05, 3.63) is 0 Å². The van der Waals surface area contributed by atoms with Crippen LogP contribution in [0.3, 0.4) is 0 Å². The van der Waals surface area contributed by atoms with Gasteiger partial charge in [-0.25, -0.2) is 9.98 Å². The fraction of sp³-hybridized carbons (Fsp3) is 0.857. The average Bonchev–Trinajstić information content (AvgIpc) is 2.97. The van der Waals surface area contributed by atoms with Crippen LogP contribution in [0.1, 0.15) is 27.7 Å². The Morgan fingerprint density at radius 3 is 1.68 bits per heavy atom. The average molecular weight is 268 g/mol. The van der Waals surface area contributed by atoms with E-state index < -0.39 is 0 Å². The van der Waals surface area contributed by atoms with E-state index in [1.807, 2.05) is 0 Å². The largest absolute Gasteiger partial charge is 0.477 e. The molecule has 0 aliphatic carbocycles. The van der Waals surface area contributed by atoms with Gasteiger partial charge in [-0.15, -0.1) is 0 Å². The zero-order valence-electron chi connectivity index (χ0n) is 12.3. The van der Waals surface area contributed by atoms with Gasteiger partial charge in [-0.3, -0.25) is 0 Å². The van der Waals surface area contributed by atoms with Crippen LogP contribution in [0.5, 0.6) is 0 Å². The molecule has 0 aromatic carbocycles. The fourth-order valence-corrected chi connectivity index (χ4v) is 1.95. The summed E-state index contributed by atoms with van der Waals surface area (Å²) < 4.78 is 16.5. The first-order valence-corrected chi connectivity index (χ1v) is 7.03. The van der Waals surface area contributed by atoms with Gasteiger partial charge in [0.2, 0.25) is 11.8 Å². The summed E-state index contributed by atoms with van der Waals surface area (Å²) in [5.74, 6) is 2.40. The van der Waals surface area contributed by atoms with E-state index in [1.54, 1.807) is 0 Å². The quantitative estimate of drug-likeness (QED) is 0.739. The molecule has 2 rings (SSSR count). The number of aliphatic imine (C=N–C) groups is 2. The summed E-state index contributed by atoms with van der Waals surface area (Å²) in [6.45, 7) is 10.7. The lowest BCUT2D eigenvalue weighted by molar-refractivity contribution is 0.169. The van der Waals surface area contributed by atoms with Gasteiger partial charge < -0.3 is 14.2 Å². The molecule has 108 valence electrons. The second-order valence-electron chi connectivity index (χ2n) is 5.78. The Morgan fingerprint density at radius 2 is 1.37 bits per heavy atom. The Hall–Kier alpha value is -1.10. The summed E-state index contributed by atoms with van der Waals surface area (Å²) in [6.07, 6.45) is 0. The van der Waals surface area contributed by atoms with Crippen LogP contribution < -0.4 is 0 Å². The maximum absolute atomic E-state index is 5.55. The molecule has 0 aromatic heterocycles. The van der Waals surface area contributed by atoms with E-state index in [1.165, 1.54) is 0 Å². The molecule has 0 unspecified atom stereocenters. The van der Waals surface area contributed by atoms with Crippen molar-refractivity contribution in [3.8, 4) is 0 Å². The molecule has 0 saturated heterocycles. The van der Waals surface area contributed by atoms with Crippen LogP contribution in [0.15, 0.2) is 9.98 Å². The molecule has 0 bridgehead atoms. The lowest BCUT2D eigenvalue weighted by Crippen LogP contribution is -2.15. The first-order valence-electron chi connectivity index (χ1n) is 7.03. The fourth-order valence-electron chi connectivity index (χ4n) is 1.95. The van der Waals surface area contributed by atoms with Crippen LogP contribution in [0.25, 0.3) is 0 Å². The van der Waals surface area contributed by atoms with Gasteiger partial charge in [0.25, 0.3) is 0 Å². The highest BCUT2D eigenvalue weighted by Crippen LogP contribution is 2.15. The minimum atomic E-state index is 0.268. The molecule has 0 radical (unpaired) electrons. The van der Waals surface area contributed by atoms with Crippen molar-refractivity contribution in [2.24, 2.45) is 21.8 Å². The molecule has 5 heteroatoms. The zero-order chi connectivity index (χ0) is 13.8. The van der Waals surface area contributed by atoms with Crippen LogP contribution in [0, 0.1) is 11.8 Å². The third kappa shape index (κ3) is 3.93. The molecular formula is C14H24N2O3. The predicted molar refractivity (Wildman–Crippen MR) is 74.8 cm³/mol. The molecule has 0 amide bonds. The Bertz CT molecular complexity index is 330. The van der Waals surface area contributed by atoms with Crippen molar-refractivity contribution in [2.75, 3.05) is 26.4 Å². The molecule has 0 spiro atoms.